The first-order valence-corrected chi connectivity index (χ1v) is 19.6. The Kier molecular flexibility index (Phi) is 9.63. The van der Waals surface area contributed by atoms with Crippen LogP contribution in [-0.2, 0) is 19.1 Å². The van der Waals surface area contributed by atoms with Gasteiger partial charge in [-0.1, -0.05) is 46.5 Å². The summed E-state index contributed by atoms with van der Waals surface area (Å²) < 4.78 is 9.59. The fraction of sp³-hybridized carbons (Fsp3) is 0.488. The molecule has 4 amide bonds. The summed E-state index contributed by atoms with van der Waals surface area (Å²) in [6.45, 7) is 9.84. The molecule has 14 heteroatoms. The number of nitrogens with zero attached hydrogens (tertiary/aromatic N) is 4. The second kappa shape index (κ2) is 14.5. The number of methoxy groups -OCH3 is 2. The highest BCUT2D eigenvalue weighted by Crippen LogP contribution is 2.63. The van der Waals surface area contributed by atoms with Crippen LogP contribution in [0.25, 0.3) is 22.1 Å². The van der Waals surface area contributed by atoms with Gasteiger partial charge in [0.25, 0.3) is 0 Å². The SMILES string of the molecule is COC(=O)N[C@H](C(=O)N1[C@@H]2C[C@@H]2C[C@H]1c1nc2ccc(C#CC#Cc3ccc4nc([C@@H]5C[C@@]6(C)C[C@H]6N5C(=O)[C@@H](NC(=O)OC)C(C)C)[nH]c4c3)cc2[nH]1)C(C)C. The number of piperidine rings is 2. The van der Waals surface area contributed by atoms with Gasteiger partial charge in [0.05, 0.1) is 48.4 Å². The number of rotatable bonds is 8. The minimum Gasteiger partial charge on any atom is -0.453 e. The van der Waals surface area contributed by atoms with Crippen LogP contribution < -0.4 is 10.6 Å². The molecule has 8 atom stereocenters. The Balaban J connectivity index is 0.966. The van der Waals surface area contributed by atoms with Gasteiger partial charge < -0.3 is 39.9 Å². The van der Waals surface area contributed by atoms with Crippen LogP contribution in [0.3, 0.4) is 0 Å². The summed E-state index contributed by atoms with van der Waals surface area (Å²) in [5.74, 6) is 13.6. The van der Waals surface area contributed by atoms with Crippen molar-refractivity contribution < 1.29 is 28.7 Å². The lowest BCUT2D eigenvalue weighted by atomic mass is 10.00. The number of imidazole rings is 2. The van der Waals surface area contributed by atoms with Crippen LogP contribution in [-0.4, -0.2) is 92.1 Å². The lowest BCUT2D eigenvalue weighted by Gasteiger charge is -2.31. The first-order chi connectivity index (χ1) is 27.3. The summed E-state index contributed by atoms with van der Waals surface area (Å²) in [4.78, 5) is 72.3. The Morgan fingerprint density at radius 2 is 1.26 bits per heavy atom. The van der Waals surface area contributed by atoms with Crippen LogP contribution in [0.15, 0.2) is 36.4 Å². The summed E-state index contributed by atoms with van der Waals surface area (Å²) in [6.07, 6.45) is 2.24. The summed E-state index contributed by atoms with van der Waals surface area (Å²) in [5, 5.41) is 5.46. The Bertz CT molecular complexity index is 2410. The van der Waals surface area contributed by atoms with Crippen molar-refractivity contribution in [3.05, 3.63) is 59.2 Å². The molecule has 8 rings (SSSR count). The molecule has 4 heterocycles. The molecule has 4 N–H and O–H groups in total. The molecule has 4 fully saturated rings. The molecule has 0 unspecified atom stereocenters. The second-order valence-corrected chi connectivity index (χ2v) is 16.8. The highest BCUT2D eigenvalue weighted by atomic mass is 16.5. The number of nitrogens with one attached hydrogen (secondary N) is 4. The Morgan fingerprint density at radius 1 is 0.754 bits per heavy atom. The molecule has 2 aliphatic carbocycles. The number of benzene rings is 2. The molecule has 2 saturated carbocycles. The van der Waals surface area contributed by atoms with E-state index in [1.165, 1.54) is 14.2 Å². The summed E-state index contributed by atoms with van der Waals surface area (Å²) in [7, 11) is 2.59. The average molecular weight is 773 g/mol. The number of fused-ring (bicyclic) bond motifs is 4. The van der Waals surface area contributed by atoms with Crippen molar-refractivity contribution in [3.8, 4) is 23.7 Å². The number of carbonyl (C=O) groups excluding carboxylic acids is 4. The Morgan fingerprint density at radius 3 is 1.77 bits per heavy atom. The van der Waals surface area contributed by atoms with Crippen LogP contribution >= 0.6 is 0 Å². The fourth-order valence-electron chi connectivity index (χ4n) is 8.80. The molecule has 57 heavy (non-hydrogen) atoms. The van der Waals surface area contributed by atoms with Crippen molar-refractivity contribution in [3.63, 3.8) is 0 Å². The maximum Gasteiger partial charge on any atom is 0.407 e. The third-order valence-corrected chi connectivity index (χ3v) is 12.1. The Hall–Kier alpha value is -6.02. The normalized spacial score (nSPS) is 25.2. The van der Waals surface area contributed by atoms with Crippen molar-refractivity contribution in [2.24, 2.45) is 23.2 Å². The maximum absolute atomic E-state index is 13.9. The van der Waals surface area contributed by atoms with E-state index in [0.717, 1.165) is 64.7 Å². The molecular weight excluding hydrogens is 725 g/mol. The predicted molar refractivity (Wildman–Crippen MR) is 211 cm³/mol. The van der Waals surface area contributed by atoms with Crippen LogP contribution in [0, 0.1) is 46.9 Å². The summed E-state index contributed by atoms with van der Waals surface area (Å²) in [5.41, 5.74) is 4.76. The van der Waals surface area contributed by atoms with Crippen LogP contribution in [0.4, 0.5) is 9.59 Å². The zero-order valence-electron chi connectivity index (χ0n) is 33.2. The van der Waals surface area contributed by atoms with Crippen molar-refractivity contribution in [1.82, 2.24) is 40.4 Å². The van der Waals surface area contributed by atoms with Gasteiger partial charge in [-0.05, 0) is 97.1 Å². The van der Waals surface area contributed by atoms with E-state index < -0.39 is 24.3 Å². The van der Waals surface area contributed by atoms with Gasteiger partial charge in [-0.15, -0.1) is 0 Å². The van der Waals surface area contributed by atoms with Crippen LogP contribution in [0.5, 0.6) is 0 Å². The number of H-pyrrole nitrogens is 2. The number of hydrogen-bond donors (Lipinski definition) is 4. The van der Waals surface area contributed by atoms with E-state index in [2.05, 4.69) is 51.2 Å². The van der Waals surface area contributed by atoms with Gasteiger partial charge in [0.1, 0.15) is 23.7 Å². The topological polar surface area (TPSA) is 175 Å². The molecule has 2 saturated heterocycles. The van der Waals surface area contributed by atoms with Gasteiger partial charge in [-0.3, -0.25) is 9.59 Å². The number of alkyl carbamates (subject to hydrolysis) is 2. The van der Waals surface area contributed by atoms with Crippen molar-refractivity contribution in [1.29, 1.82) is 0 Å². The summed E-state index contributed by atoms with van der Waals surface area (Å²) >= 11 is 0. The zero-order chi connectivity index (χ0) is 40.3. The minimum absolute atomic E-state index is 0.0203. The number of hydrogen-bond acceptors (Lipinski definition) is 8. The number of aromatic amines is 2. The molecule has 2 aromatic carbocycles. The van der Waals surface area contributed by atoms with E-state index >= 15 is 0 Å². The van der Waals surface area contributed by atoms with Gasteiger partial charge in [0, 0.05) is 23.2 Å². The van der Waals surface area contributed by atoms with Crippen molar-refractivity contribution in [2.75, 3.05) is 14.2 Å². The van der Waals surface area contributed by atoms with Crippen molar-refractivity contribution >= 4 is 46.1 Å². The molecule has 0 bridgehead atoms. The smallest absolute Gasteiger partial charge is 0.407 e. The fourth-order valence-corrected chi connectivity index (χ4v) is 8.80. The van der Waals surface area contributed by atoms with Gasteiger partial charge in [0.2, 0.25) is 11.8 Å². The molecule has 4 aromatic rings. The number of ether oxygens (including phenoxy) is 2. The molecule has 2 aliphatic heterocycles. The first kappa shape index (κ1) is 37.9. The molecule has 0 spiro atoms. The third-order valence-electron chi connectivity index (χ3n) is 12.1. The standard InChI is InChI=1S/C43H48N8O6/c1-22(2)35(48-41(54)56-6)39(52)50-31-18-26(31)19-32(50)37-44-27-14-12-24(16-29(27)46-37)10-8-9-11-25-13-15-28-30(17-25)47-38(45-28)33-20-43(5)21-34(43)51(33)40(53)36(23(3)4)49-42(55)57-7/h12-17,22-23,26,31-36H,18-21H2,1-7H3,(H,44,46)(H,45,47)(H,48,54)(H,49,55)/t26-,31-,32+,33+,34-,35+,36+,43+/m1/s1. The Labute approximate surface area is 331 Å². The highest BCUT2D eigenvalue weighted by molar-refractivity contribution is 5.88. The van der Waals surface area contributed by atoms with E-state index in [-0.39, 0.29) is 53.2 Å². The predicted octanol–water partition coefficient (Wildman–Crippen LogP) is 5.32. The number of aromatic nitrogens is 4. The number of amides is 4. The largest absolute Gasteiger partial charge is 0.453 e. The maximum atomic E-state index is 13.9. The van der Waals surface area contributed by atoms with Crippen molar-refractivity contribution in [2.45, 2.75) is 96.6 Å². The first-order valence-electron chi connectivity index (χ1n) is 19.6. The van der Waals surface area contributed by atoms with Gasteiger partial charge in [0.15, 0.2) is 0 Å². The van der Waals surface area contributed by atoms with Gasteiger partial charge >= 0.3 is 12.2 Å². The van der Waals surface area contributed by atoms with Gasteiger partial charge in [-0.2, -0.15) is 0 Å². The number of likely N-dealkylation sites (tertiary alicyclic amines) is 2. The van der Waals surface area contributed by atoms with E-state index in [1.54, 1.807) is 0 Å². The molecule has 4 aliphatic rings. The quantitative estimate of drug-likeness (QED) is 0.174. The number of carbonyl (C=O) groups is 4. The highest BCUT2D eigenvalue weighted by Gasteiger charge is 2.64. The summed E-state index contributed by atoms with van der Waals surface area (Å²) in [6, 6.07) is 9.91. The molecule has 0 radical (unpaired) electrons. The third kappa shape index (κ3) is 7.14. The molecule has 14 nitrogen and oxygen atoms in total. The molecular formula is C43H48N8O6. The van der Waals surface area contributed by atoms with Gasteiger partial charge in [-0.25, -0.2) is 19.6 Å². The zero-order valence-corrected chi connectivity index (χ0v) is 33.2. The lowest BCUT2D eigenvalue weighted by molar-refractivity contribution is -0.137. The van der Waals surface area contributed by atoms with Crippen LogP contribution in [0.2, 0.25) is 0 Å². The second-order valence-electron chi connectivity index (χ2n) is 16.8. The van der Waals surface area contributed by atoms with E-state index in [4.69, 9.17) is 19.4 Å². The van der Waals surface area contributed by atoms with E-state index in [0.29, 0.717) is 11.7 Å². The lowest BCUT2D eigenvalue weighted by Crippen LogP contribution is -2.52. The monoisotopic (exact) mass is 772 g/mol. The average Bonchev–Trinajstić information content (AvgIpc) is 3.76. The van der Waals surface area contributed by atoms with Crippen LogP contribution in [0.1, 0.15) is 95.2 Å². The molecule has 2 aromatic heterocycles. The van der Waals surface area contributed by atoms with E-state index in [1.807, 2.05) is 73.9 Å². The minimum atomic E-state index is -0.707. The van der Waals surface area contributed by atoms with E-state index in [9.17, 15) is 19.2 Å². The molecule has 296 valence electrons.